The summed E-state index contributed by atoms with van der Waals surface area (Å²) in [5.74, 6) is 3.25. The summed E-state index contributed by atoms with van der Waals surface area (Å²) < 4.78 is 35.2. The third-order valence-electron chi connectivity index (χ3n) is 19.0. The minimum absolute atomic E-state index is 0.00532. The minimum atomic E-state index is -2.88. The lowest BCUT2D eigenvalue weighted by Crippen LogP contribution is -2.68. The molecule has 5 fully saturated rings. The number of aliphatic carboxylic acids is 1. The number of methoxy groups -OCH3 is 1. The van der Waals surface area contributed by atoms with Gasteiger partial charge in [-0.2, -0.15) is 4.98 Å². The molecule has 1 saturated heterocycles. The molecule has 7 aliphatic rings. The number of aromatic nitrogens is 2. The van der Waals surface area contributed by atoms with Crippen LogP contribution in [0.2, 0.25) is 0 Å². The van der Waals surface area contributed by atoms with Crippen molar-refractivity contribution in [2.45, 2.75) is 131 Å². The summed E-state index contributed by atoms with van der Waals surface area (Å²) in [7, 11) is -1.33. The first-order chi connectivity index (χ1) is 28.3. The number of hydrogen-bond acceptors (Lipinski definition) is 9. The van der Waals surface area contributed by atoms with Crippen LogP contribution in [0.4, 0.5) is 0 Å². The number of carboxylic acid groups (broad SMARTS) is 1. The van der Waals surface area contributed by atoms with Crippen LogP contribution in [0.1, 0.15) is 125 Å². The van der Waals surface area contributed by atoms with Crippen molar-refractivity contribution in [1.29, 1.82) is 0 Å². The summed E-state index contributed by atoms with van der Waals surface area (Å²) in [6, 6.07) is 1.86. The SMILES string of the molecule is C=C(C)[C@@H]1CC[C@]2(NCCN3CCS(=O)(=O)CC3)CC[C@]3(C)[C@H](CCC4[C@@]5(C)CC=C(C6=CCC(CCOc7nccc(OC)n7)(C(=O)O)CC6)C(C)(C)C5CC[C@]43C)C12. The minimum Gasteiger partial charge on any atom is -0.481 e. The Labute approximate surface area is 360 Å². The number of sulfone groups is 1. The molecule has 332 valence electrons. The fourth-order valence-electron chi connectivity index (χ4n) is 15.6. The lowest BCUT2D eigenvalue weighted by atomic mass is 9.33. The predicted octanol–water partition coefficient (Wildman–Crippen LogP) is 8.70. The Hall–Kier alpha value is -2.76. The van der Waals surface area contributed by atoms with Crippen molar-refractivity contribution in [2.75, 3.05) is 51.4 Å². The van der Waals surface area contributed by atoms with Crippen LogP contribution in [0.5, 0.6) is 11.9 Å². The molecule has 1 aliphatic heterocycles. The van der Waals surface area contributed by atoms with Gasteiger partial charge >= 0.3 is 12.0 Å². The fraction of sp³-hybridized carbons (Fsp3) is 0.776. The highest BCUT2D eigenvalue weighted by molar-refractivity contribution is 7.91. The standard InChI is InChI=1S/C49H74N4O6S/c1-33(2)35-13-21-49(51-26-27-53-28-31-60(56,57)32-29-53)23-22-46(6)37(41(35)49)9-10-39-45(5)17-14-36(44(3,4)38(45)15-18-47(39,46)7)34-11-19-48(20-12-34,42(54)55)24-30-59-43-50-25-16-40(52-43)58-8/h11,14,16,25,35,37-39,41,51H,1,9-10,12-13,15,17-24,26-32H2,2-8H3,(H,54,55)/t35-,37+,38?,39?,41?,45-,46+,47+,48?,49-/m0/s1. The van der Waals surface area contributed by atoms with Crippen molar-refractivity contribution in [3.8, 4) is 11.9 Å². The van der Waals surface area contributed by atoms with Crippen LogP contribution in [0.15, 0.2) is 47.7 Å². The van der Waals surface area contributed by atoms with Gasteiger partial charge in [-0.25, -0.2) is 13.4 Å². The summed E-state index contributed by atoms with van der Waals surface area (Å²) in [5, 5.41) is 14.7. The van der Waals surface area contributed by atoms with Gasteiger partial charge in [-0.1, -0.05) is 58.9 Å². The summed E-state index contributed by atoms with van der Waals surface area (Å²) in [4.78, 5) is 23.6. The maximum atomic E-state index is 12.8. The molecule has 8 rings (SSSR count). The molecule has 2 heterocycles. The predicted molar refractivity (Wildman–Crippen MR) is 237 cm³/mol. The topological polar surface area (TPSA) is 131 Å². The van der Waals surface area contributed by atoms with Crippen LogP contribution >= 0.6 is 0 Å². The fourth-order valence-corrected chi connectivity index (χ4v) is 16.8. The Morgan fingerprint density at radius 3 is 2.42 bits per heavy atom. The van der Waals surface area contributed by atoms with E-state index in [1.165, 1.54) is 68.1 Å². The Bertz CT molecular complexity index is 2000. The van der Waals surface area contributed by atoms with E-state index in [1.807, 2.05) is 0 Å². The number of carboxylic acids is 1. The second-order valence-electron chi connectivity index (χ2n) is 21.8. The van der Waals surface area contributed by atoms with E-state index in [9.17, 15) is 18.3 Å². The summed E-state index contributed by atoms with van der Waals surface area (Å²) >= 11 is 0. The molecule has 0 amide bonds. The van der Waals surface area contributed by atoms with Gasteiger partial charge in [0, 0.05) is 44.0 Å². The van der Waals surface area contributed by atoms with Crippen LogP contribution in [0.25, 0.3) is 0 Å². The number of carbonyl (C=O) groups is 1. The Morgan fingerprint density at radius 2 is 1.73 bits per heavy atom. The molecule has 2 N–H and O–H groups in total. The van der Waals surface area contributed by atoms with Crippen LogP contribution in [0.3, 0.4) is 0 Å². The first-order valence-electron chi connectivity index (χ1n) is 23.3. The van der Waals surface area contributed by atoms with Gasteiger partial charge in [0.25, 0.3) is 0 Å². The summed E-state index contributed by atoms with van der Waals surface area (Å²) in [6.45, 7) is 23.4. The van der Waals surface area contributed by atoms with E-state index in [4.69, 9.17) is 9.47 Å². The van der Waals surface area contributed by atoms with Gasteiger partial charge in [-0.15, -0.1) is 0 Å². The van der Waals surface area contributed by atoms with Crippen molar-refractivity contribution >= 4 is 15.8 Å². The molecule has 11 heteroatoms. The van der Waals surface area contributed by atoms with Crippen molar-refractivity contribution in [2.24, 2.45) is 56.7 Å². The molecule has 1 aromatic rings. The van der Waals surface area contributed by atoms with Crippen LogP contribution < -0.4 is 14.8 Å². The first kappa shape index (κ1) is 43.9. The van der Waals surface area contributed by atoms with E-state index in [0.717, 1.165) is 25.9 Å². The zero-order valence-corrected chi connectivity index (χ0v) is 38.6. The van der Waals surface area contributed by atoms with Crippen molar-refractivity contribution in [3.05, 3.63) is 47.7 Å². The molecule has 0 spiro atoms. The number of ether oxygens (including phenoxy) is 2. The number of nitrogens with one attached hydrogen (secondary N) is 1. The average Bonchev–Trinajstić information content (AvgIpc) is 3.59. The highest BCUT2D eigenvalue weighted by atomic mass is 32.2. The van der Waals surface area contributed by atoms with E-state index in [1.54, 1.807) is 19.4 Å². The normalized spacial score (nSPS) is 40.8. The maximum absolute atomic E-state index is 12.8. The molecular weight excluding hydrogens is 773 g/mol. The lowest BCUT2D eigenvalue weighted by Gasteiger charge is -2.72. The molecule has 10 nitrogen and oxygen atoms in total. The van der Waals surface area contributed by atoms with Gasteiger partial charge in [-0.3, -0.25) is 4.79 Å². The molecule has 60 heavy (non-hydrogen) atoms. The number of rotatable bonds is 12. The second-order valence-corrected chi connectivity index (χ2v) is 24.1. The highest BCUT2D eigenvalue weighted by Crippen LogP contribution is 2.76. The lowest BCUT2D eigenvalue weighted by molar-refractivity contribution is -0.221. The van der Waals surface area contributed by atoms with Gasteiger partial charge in [-0.05, 0) is 153 Å². The Balaban J connectivity index is 0.985. The molecule has 6 aliphatic carbocycles. The smallest absolute Gasteiger partial charge is 0.319 e. The quantitative estimate of drug-likeness (QED) is 0.197. The van der Waals surface area contributed by atoms with Gasteiger partial charge < -0.3 is 24.8 Å². The highest BCUT2D eigenvalue weighted by Gasteiger charge is 2.70. The zero-order valence-electron chi connectivity index (χ0n) is 37.8. The average molecular weight is 847 g/mol. The first-order valence-corrected chi connectivity index (χ1v) is 25.1. The molecule has 4 saturated carbocycles. The van der Waals surface area contributed by atoms with Gasteiger partial charge in [0.2, 0.25) is 5.88 Å². The number of allylic oxidation sites excluding steroid dienone is 5. The van der Waals surface area contributed by atoms with E-state index in [-0.39, 0.29) is 51.3 Å². The summed E-state index contributed by atoms with van der Waals surface area (Å²) in [6.07, 6.45) is 19.8. The largest absolute Gasteiger partial charge is 0.481 e. The number of nitrogens with zero attached hydrogens (tertiary/aromatic N) is 3. The van der Waals surface area contributed by atoms with E-state index in [0.29, 0.717) is 67.8 Å². The molecule has 4 unspecified atom stereocenters. The molecule has 0 aromatic carbocycles. The number of hydrogen-bond donors (Lipinski definition) is 2. The maximum Gasteiger partial charge on any atom is 0.319 e. The third-order valence-corrected chi connectivity index (χ3v) is 20.6. The zero-order chi connectivity index (χ0) is 42.9. The number of fused-ring (bicyclic) bond motifs is 7. The van der Waals surface area contributed by atoms with Crippen LogP contribution in [-0.2, 0) is 14.6 Å². The summed E-state index contributed by atoms with van der Waals surface area (Å²) in [5.41, 5.74) is 4.13. The molecule has 0 bridgehead atoms. The second kappa shape index (κ2) is 15.8. The van der Waals surface area contributed by atoms with E-state index in [2.05, 4.69) is 80.5 Å². The van der Waals surface area contributed by atoms with E-state index < -0.39 is 21.2 Å². The monoisotopic (exact) mass is 847 g/mol. The van der Waals surface area contributed by atoms with Crippen molar-refractivity contribution in [1.82, 2.24) is 20.2 Å². The Morgan fingerprint density at radius 1 is 0.967 bits per heavy atom. The molecule has 0 radical (unpaired) electrons. The third kappa shape index (κ3) is 7.20. The van der Waals surface area contributed by atoms with Crippen LogP contribution in [-0.4, -0.2) is 91.3 Å². The van der Waals surface area contributed by atoms with Gasteiger partial charge in [0.1, 0.15) is 0 Å². The molecule has 1 aromatic heterocycles. The van der Waals surface area contributed by atoms with Crippen molar-refractivity contribution in [3.63, 3.8) is 0 Å². The van der Waals surface area contributed by atoms with Crippen molar-refractivity contribution < 1.29 is 27.8 Å². The van der Waals surface area contributed by atoms with Gasteiger partial charge in [0.05, 0.1) is 30.6 Å². The molecular formula is C49H74N4O6S. The van der Waals surface area contributed by atoms with Crippen LogP contribution in [0, 0.1) is 56.7 Å². The van der Waals surface area contributed by atoms with Gasteiger partial charge in [0.15, 0.2) is 9.84 Å². The van der Waals surface area contributed by atoms with E-state index >= 15 is 0 Å². The molecule has 10 atom stereocenters. The Kier molecular flexibility index (Phi) is 11.5.